The molecule has 2 rings (SSSR count). The van der Waals surface area contributed by atoms with Crippen molar-refractivity contribution in [2.24, 2.45) is 0 Å². The van der Waals surface area contributed by atoms with Crippen LogP contribution in [0.5, 0.6) is 0 Å². The van der Waals surface area contributed by atoms with Crippen molar-refractivity contribution in [1.82, 2.24) is 15.3 Å². The van der Waals surface area contributed by atoms with Gasteiger partial charge in [-0.05, 0) is 43.2 Å². The van der Waals surface area contributed by atoms with Gasteiger partial charge in [0.2, 0.25) is 5.95 Å². The molecule has 0 aliphatic carbocycles. The van der Waals surface area contributed by atoms with E-state index in [2.05, 4.69) is 20.6 Å². The fourth-order valence-corrected chi connectivity index (χ4v) is 1.86. The maximum absolute atomic E-state index is 11.9. The normalized spacial score (nSPS) is 10.2. The van der Waals surface area contributed by atoms with Crippen molar-refractivity contribution in [3.8, 4) is 0 Å². The number of aryl methyl sites for hydroxylation is 2. The van der Waals surface area contributed by atoms with Gasteiger partial charge in [-0.3, -0.25) is 0 Å². The zero-order valence-corrected chi connectivity index (χ0v) is 13.3. The summed E-state index contributed by atoms with van der Waals surface area (Å²) in [5.41, 5.74) is 3.87. The number of urea groups is 1. The average Bonchev–Trinajstić information content (AvgIpc) is 2.49. The number of nitrogens with one attached hydrogen (secondary N) is 2. The number of rotatable bonds is 4. The Kier molecular flexibility index (Phi) is 4.93. The van der Waals surface area contributed by atoms with Crippen LogP contribution in [0.15, 0.2) is 30.5 Å². The zero-order chi connectivity index (χ0) is 16.1. The number of hydrogen-bond donors (Lipinski definition) is 2. The molecule has 22 heavy (non-hydrogen) atoms. The summed E-state index contributed by atoms with van der Waals surface area (Å²) < 4.78 is 0. The van der Waals surface area contributed by atoms with E-state index < -0.39 is 0 Å². The number of benzene rings is 1. The van der Waals surface area contributed by atoms with Crippen LogP contribution in [0.4, 0.5) is 16.4 Å². The Hall–Kier alpha value is -2.63. The summed E-state index contributed by atoms with van der Waals surface area (Å²) in [6.45, 7) is 4.40. The van der Waals surface area contributed by atoms with Gasteiger partial charge in [0.15, 0.2) is 0 Å². The first-order valence-electron chi connectivity index (χ1n) is 7.07. The van der Waals surface area contributed by atoms with E-state index in [9.17, 15) is 4.79 Å². The van der Waals surface area contributed by atoms with Gasteiger partial charge < -0.3 is 15.5 Å². The molecule has 0 unspecified atom stereocenters. The van der Waals surface area contributed by atoms with Crippen LogP contribution in [0, 0.1) is 13.8 Å². The third-order valence-electron chi connectivity index (χ3n) is 3.30. The molecule has 116 valence electrons. The minimum atomic E-state index is -0.256. The van der Waals surface area contributed by atoms with Crippen molar-refractivity contribution in [2.75, 3.05) is 24.3 Å². The lowest BCUT2D eigenvalue weighted by molar-refractivity contribution is 0.251. The number of carbonyl (C=O) groups is 1. The fourth-order valence-electron chi connectivity index (χ4n) is 1.86. The van der Waals surface area contributed by atoms with Crippen LogP contribution in [-0.4, -0.2) is 30.1 Å². The second-order valence-electron chi connectivity index (χ2n) is 5.35. The quantitative estimate of drug-likeness (QED) is 0.910. The van der Waals surface area contributed by atoms with Crippen molar-refractivity contribution >= 4 is 17.7 Å². The molecular formula is C16H21N5O. The van der Waals surface area contributed by atoms with Gasteiger partial charge in [-0.1, -0.05) is 6.07 Å². The van der Waals surface area contributed by atoms with Crippen LogP contribution in [-0.2, 0) is 6.54 Å². The predicted molar refractivity (Wildman–Crippen MR) is 88.1 cm³/mol. The Morgan fingerprint density at radius 2 is 1.95 bits per heavy atom. The van der Waals surface area contributed by atoms with Gasteiger partial charge in [0.1, 0.15) is 0 Å². The highest BCUT2D eigenvalue weighted by atomic mass is 16.2. The minimum Gasteiger partial charge on any atom is -0.347 e. The number of aromatic nitrogens is 2. The lowest BCUT2D eigenvalue weighted by Crippen LogP contribution is -2.28. The van der Waals surface area contributed by atoms with Gasteiger partial charge in [0.25, 0.3) is 0 Å². The first-order chi connectivity index (χ1) is 10.5. The van der Waals surface area contributed by atoms with Crippen LogP contribution >= 0.6 is 0 Å². The molecule has 0 aliphatic heterocycles. The van der Waals surface area contributed by atoms with E-state index >= 15 is 0 Å². The van der Waals surface area contributed by atoms with Crippen molar-refractivity contribution in [1.29, 1.82) is 0 Å². The molecule has 0 radical (unpaired) electrons. The fraction of sp³-hybridized carbons (Fsp3) is 0.312. The maximum Gasteiger partial charge on any atom is 0.319 e. The number of hydrogen-bond acceptors (Lipinski definition) is 4. The molecule has 0 atom stereocenters. The van der Waals surface area contributed by atoms with E-state index in [1.165, 1.54) is 5.56 Å². The molecule has 0 fully saturated rings. The number of anilines is 2. The summed E-state index contributed by atoms with van der Waals surface area (Å²) in [6.07, 6.45) is 1.68. The van der Waals surface area contributed by atoms with Crippen LogP contribution in [0.2, 0.25) is 0 Å². The monoisotopic (exact) mass is 299 g/mol. The van der Waals surface area contributed by atoms with E-state index in [0.29, 0.717) is 12.5 Å². The highest BCUT2D eigenvalue weighted by molar-refractivity contribution is 5.89. The first kappa shape index (κ1) is 15.8. The summed E-state index contributed by atoms with van der Waals surface area (Å²) in [5, 5.41) is 5.60. The van der Waals surface area contributed by atoms with Gasteiger partial charge in [-0.25, -0.2) is 14.8 Å². The van der Waals surface area contributed by atoms with Crippen molar-refractivity contribution in [3.05, 3.63) is 47.3 Å². The molecule has 0 saturated heterocycles. The van der Waals surface area contributed by atoms with Crippen molar-refractivity contribution in [2.45, 2.75) is 20.4 Å². The molecule has 2 N–H and O–H groups in total. The first-order valence-corrected chi connectivity index (χ1v) is 7.07. The predicted octanol–water partition coefficient (Wildman–Crippen LogP) is 2.48. The molecular weight excluding hydrogens is 278 g/mol. The Morgan fingerprint density at radius 3 is 2.64 bits per heavy atom. The summed E-state index contributed by atoms with van der Waals surface area (Å²) in [7, 11) is 3.75. The van der Waals surface area contributed by atoms with Gasteiger partial charge in [-0.2, -0.15) is 0 Å². The highest BCUT2D eigenvalue weighted by Gasteiger charge is 2.05. The van der Waals surface area contributed by atoms with E-state index in [1.807, 2.05) is 51.0 Å². The second-order valence-corrected chi connectivity index (χ2v) is 5.35. The molecule has 6 heteroatoms. The Balaban J connectivity index is 1.92. The largest absolute Gasteiger partial charge is 0.347 e. The van der Waals surface area contributed by atoms with Crippen LogP contribution in [0.25, 0.3) is 0 Å². The molecule has 1 heterocycles. The lowest BCUT2D eigenvalue weighted by Gasteiger charge is -2.12. The van der Waals surface area contributed by atoms with E-state index in [0.717, 1.165) is 16.9 Å². The third kappa shape index (κ3) is 4.18. The summed E-state index contributed by atoms with van der Waals surface area (Å²) in [4.78, 5) is 22.2. The van der Waals surface area contributed by atoms with E-state index in [1.54, 1.807) is 12.3 Å². The summed E-state index contributed by atoms with van der Waals surface area (Å²) in [6, 6.07) is 7.34. The van der Waals surface area contributed by atoms with Gasteiger partial charge in [0.05, 0.1) is 12.2 Å². The van der Waals surface area contributed by atoms with Gasteiger partial charge >= 0.3 is 6.03 Å². The molecule has 0 bridgehead atoms. The van der Waals surface area contributed by atoms with Gasteiger partial charge in [0, 0.05) is 26.0 Å². The second kappa shape index (κ2) is 6.89. The smallest absolute Gasteiger partial charge is 0.319 e. The van der Waals surface area contributed by atoms with Crippen LogP contribution in [0.1, 0.15) is 16.8 Å². The van der Waals surface area contributed by atoms with Crippen LogP contribution < -0.4 is 15.5 Å². The summed E-state index contributed by atoms with van der Waals surface area (Å²) in [5.74, 6) is 0.619. The Morgan fingerprint density at radius 1 is 1.18 bits per heavy atom. The minimum absolute atomic E-state index is 0.256. The summed E-state index contributed by atoms with van der Waals surface area (Å²) >= 11 is 0. The lowest BCUT2D eigenvalue weighted by atomic mass is 10.1. The van der Waals surface area contributed by atoms with E-state index in [4.69, 9.17) is 0 Å². The highest BCUT2D eigenvalue weighted by Crippen LogP contribution is 2.13. The van der Waals surface area contributed by atoms with Crippen molar-refractivity contribution < 1.29 is 4.79 Å². The molecule has 6 nitrogen and oxygen atoms in total. The Bertz CT molecular complexity index is 669. The molecule has 0 saturated carbocycles. The Labute approximate surface area is 130 Å². The molecule has 2 aromatic rings. The number of amides is 2. The van der Waals surface area contributed by atoms with Gasteiger partial charge in [-0.15, -0.1) is 0 Å². The number of nitrogens with zero attached hydrogens (tertiary/aromatic N) is 3. The molecule has 1 aromatic carbocycles. The zero-order valence-electron chi connectivity index (χ0n) is 13.3. The molecule has 1 aromatic heterocycles. The third-order valence-corrected chi connectivity index (χ3v) is 3.30. The van der Waals surface area contributed by atoms with Crippen molar-refractivity contribution in [3.63, 3.8) is 0 Å². The molecule has 0 aliphatic rings. The van der Waals surface area contributed by atoms with Crippen LogP contribution in [0.3, 0.4) is 0 Å². The van der Waals surface area contributed by atoms with E-state index in [-0.39, 0.29) is 6.03 Å². The average molecular weight is 299 g/mol. The topological polar surface area (TPSA) is 70.2 Å². The maximum atomic E-state index is 11.9. The molecule has 0 spiro atoms. The SMILES string of the molecule is Cc1ccc(NC(=O)NCc2ccnc(N(C)C)n2)cc1C. The molecule has 2 amide bonds. The standard InChI is InChI=1S/C16H21N5O/c1-11-5-6-13(9-12(11)2)20-16(22)18-10-14-7-8-17-15(19-14)21(3)4/h5-9H,10H2,1-4H3,(H2,18,20,22). The number of carbonyl (C=O) groups excluding carboxylic acids is 1.